The molecular weight excluding hydrogens is 542 g/mol. The molecule has 0 saturated carbocycles. The van der Waals surface area contributed by atoms with Gasteiger partial charge in [0.05, 0.1) is 42.7 Å². The molecule has 0 unspecified atom stereocenters. The molecule has 0 aliphatic carbocycles. The molecule has 39 heavy (non-hydrogen) atoms. The zero-order chi connectivity index (χ0) is 27.1. The van der Waals surface area contributed by atoms with Gasteiger partial charge in [-0.3, -0.25) is 9.52 Å². The Hall–Kier alpha value is -3.47. The molecule has 11 heteroatoms. The minimum Gasteiger partial charge on any atom is -1.00 e. The number of rotatable bonds is 10. The molecule has 3 aromatic carbocycles. The number of nitrogens with one attached hydrogen (secondary N) is 2. The van der Waals surface area contributed by atoms with Crippen LogP contribution in [-0.2, 0) is 14.8 Å². The molecule has 1 saturated heterocycles. The fourth-order valence-electron chi connectivity index (χ4n) is 4.08. The van der Waals surface area contributed by atoms with Crippen LogP contribution < -0.4 is 36.8 Å². The maximum atomic E-state index is 13.3. The quantitative estimate of drug-likeness (QED) is 0.379. The summed E-state index contributed by atoms with van der Waals surface area (Å²) in [5.74, 6) is 0.641. The van der Waals surface area contributed by atoms with Crippen molar-refractivity contribution in [3.8, 4) is 11.5 Å². The summed E-state index contributed by atoms with van der Waals surface area (Å²) in [6.45, 7) is 9.21. The van der Waals surface area contributed by atoms with Crippen LogP contribution in [-0.4, -0.2) is 53.8 Å². The average molecular weight is 575 g/mol. The number of nitrogens with zero attached hydrogens (tertiary/aromatic N) is 1. The second kappa shape index (κ2) is 13.5. The van der Waals surface area contributed by atoms with Gasteiger partial charge in [0.25, 0.3) is 15.9 Å². The van der Waals surface area contributed by atoms with E-state index in [1.807, 2.05) is 39.0 Å². The number of hydrogen-bond donors (Lipinski definition) is 2. The topological polar surface area (TPSA) is 106 Å². The summed E-state index contributed by atoms with van der Waals surface area (Å²) in [7, 11) is -3.89. The minimum absolute atomic E-state index is 0. The summed E-state index contributed by atoms with van der Waals surface area (Å²) in [6.07, 6.45) is 0. The van der Waals surface area contributed by atoms with Crippen molar-refractivity contribution in [1.29, 1.82) is 0 Å². The molecule has 210 valence electrons. The smallest absolute Gasteiger partial charge is 0.261 e. The molecule has 0 aromatic heterocycles. The normalized spacial score (nSPS) is 13.3. The van der Waals surface area contributed by atoms with Crippen LogP contribution in [0.3, 0.4) is 0 Å². The molecule has 3 aromatic rings. The van der Waals surface area contributed by atoms with Crippen molar-refractivity contribution in [3.63, 3.8) is 0 Å². The standard InChI is InChI=1S/C28H33N3O6S.ClH/c1-4-36-26-19-25(31-13-15-35-16-14-31)27(37-5-2)18-24(26)29-28(32)21-7-6-8-23(17-21)38(33,34)30-22-11-9-20(3)10-12-22;/h6-12,17-19,30H,4-5,13-16H2,1-3H3,(H,29,32);1H/p-1. The molecular formula is C28H33ClN3O6S-. The highest BCUT2D eigenvalue weighted by Crippen LogP contribution is 2.39. The van der Waals surface area contributed by atoms with Crippen LogP contribution in [0.5, 0.6) is 11.5 Å². The average Bonchev–Trinajstić information content (AvgIpc) is 2.92. The highest BCUT2D eigenvalue weighted by molar-refractivity contribution is 7.92. The lowest BCUT2D eigenvalue weighted by atomic mass is 10.1. The maximum absolute atomic E-state index is 13.3. The minimum atomic E-state index is -3.89. The highest BCUT2D eigenvalue weighted by atomic mass is 35.5. The molecule has 1 aliphatic heterocycles. The fraction of sp³-hybridized carbons (Fsp3) is 0.321. The van der Waals surface area contributed by atoms with Crippen LogP contribution in [0.1, 0.15) is 29.8 Å². The first-order valence-corrected chi connectivity index (χ1v) is 14.1. The van der Waals surface area contributed by atoms with Crippen LogP contribution in [0.4, 0.5) is 17.1 Å². The van der Waals surface area contributed by atoms with E-state index in [1.54, 1.807) is 24.3 Å². The Kier molecular flexibility index (Phi) is 10.4. The van der Waals surface area contributed by atoms with E-state index in [2.05, 4.69) is 14.9 Å². The lowest BCUT2D eigenvalue weighted by Gasteiger charge is -2.31. The number of carbonyl (C=O) groups is 1. The van der Waals surface area contributed by atoms with Gasteiger partial charge in [0.2, 0.25) is 0 Å². The summed E-state index contributed by atoms with van der Waals surface area (Å²) < 4.78 is 45.7. The van der Waals surface area contributed by atoms with Gasteiger partial charge in [0, 0.05) is 36.5 Å². The van der Waals surface area contributed by atoms with Gasteiger partial charge in [-0.25, -0.2) is 8.42 Å². The van der Waals surface area contributed by atoms with Gasteiger partial charge in [-0.05, 0) is 51.1 Å². The molecule has 1 amide bonds. The molecule has 4 rings (SSSR count). The third-order valence-corrected chi connectivity index (χ3v) is 7.35. The summed E-state index contributed by atoms with van der Waals surface area (Å²) in [5, 5.41) is 2.87. The van der Waals surface area contributed by atoms with Gasteiger partial charge >= 0.3 is 0 Å². The van der Waals surface area contributed by atoms with Crippen molar-refractivity contribution < 1.29 is 39.8 Å². The van der Waals surface area contributed by atoms with Gasteiger partial charge < -0.3 is 36.8 Å². The summed E-state index contributed by atoms with van der Waals surface area (Å²) in [5.41, 5.74) is 2.95. The molecule has 1 fully saturated rings. The third kappa shape index (κ3) is 7.56. The van der Waals surface area contributed by atoms with Crippen molar-refractivity contribution in [3.05, 3.63) is 71.8 Å². The van der Waals surface area contributed by atoms with Crippen LogP contribution in [0.2, 0.25) is 0 Å². The van der Waals surface area contributed by atoms with Crippen LogP contribution in [0.25, 0.3) is 0 Å². The SMILES string of the molecule is CCOc1cc(N2CCOCC2)c(OCC)cc1NC(=O)c1cccc(S(=O)(=O)Nc2ccc(C)cc2)c1.[Cl-]. The maximum Gasteiger partial charge on any atom is 0.261 e. The molecule has 0 radical (unpaired) electrons. The van der Waals surface area contributed by atoms with Gasteiger partial charge in [-0.15, -0.1) is 0 Å². The highest BCUT2D eigenvalue weighted by Gasteiger charge is 2.22. The number of carbonyl (C=O) groups excluding carboxylic acids is 1. The third-order valence-electron chi connectivity index (χ3n) is 5.97. The van der Waals surface area contributed by atoms with Crippen LogP contribution >= 0.6 is 0 Å². The van der Waals surface area contributed by atoms with E-state index >= 15 is 0 Å². The molecule has 9 nitrogen and oxygen atoms in total. The number of sulfonamides is 1. The Bertz CT molecular complexity index is 1380. The van der Waals surface area contributed by atoms with Crippen molar-refractivity contribution >= 4 is 33.0 Å². The molecule has 0 spiro atoms. The largest absolute Gasteiger partial charge is 1.00 e. The first-order chi connectivity index (χ1) is 18.3. The molecule has 1 heterocycles. The van der Waals surface area contributed by atoms with Crippen molar-refractivity contribution in [2.75, 3.05) is 54.5 Å². The van der Waals surface area contributed by atoms with Gasteiger partial charge in [0.15, 0.2) is 0 Å². The second-order valence-electron chi connectivity index (χ2n) is 8.74. The Balaban J connectivity index is 0.00000420. The predicted molar refractivity (Wildman–Crippen MR) is 148 cm³/mol. The lowest BCUT2D eigenvalue weighted by molar-refractivity contribution is -0.0000194. The van der Waals surface area contributed by atoms with E-state index in [4.69, 9.17) is 14.2 Å². The second-order valence-corrected chi connectivity index (χ2v) is 10.4. The number of hydrogen-bond acceptors (Lipinski definition) is 7. The number of halogens is 1. The van der Waals surface area contributed by atoms with E-state index in [-0.39, 0.29) is 22.9 Å². The van der Waals surface area contributed by atoms with Crippen molar-refractivity contribution in [2.24, 2.45) is 0 Å². The zero-order valence-electron chi connectivity index (χ0n) is 22.2. The summed E-state index contributed by atoms with van der Waals surface area (Å²) in [4.78, 5) is 15.4. The Labute approximate surface area is 235 Å². The van der Waals surface area contributed by atoms with Crippen LogP contribution in [0, 0.1) is 6.92 Å². The number of benzene rings is 3. The first-order valence-electron chi connectivity index (χ1n) is 12.6. The Morgan fingerprint density at radius 1 is 0.949 bits per heavy atom. The number of morpholine rings is 1. The number of amides is 1. The number of aryl methyl sites for hydroxylation is 1. The van der Waals surface area contributed by atoms with E-state index < -0.39 is 15.9 Å². The predicted octanol–water partition coefficient (Wildman–Crippen LogP) is 1.69. The fourth-order valence-corrected chi connectivity index (χ4v) is 5.18. The first kappa shape index (κ1) is 30.1. The molecule has 0 atom stereocenters. The van der Waals surface area contributed by atoms with E-state index in [1.165, 1.54) is 18.2 Å². The molecule has 1 aliphatic rings. The molecule has 0 bridgehead atoms. The summed E-state index contributed by atoms with van der Waals surface area (Å²) in [6, 6.07) is 16.5. The van der Waals surface area contributed by atoms with Crippen LogP contribution in [0.15, 0.2) is 65.6 Å². The van der Waals surface area contributed by atoms with Gasteiger partial charge in [-0.1, -0.05) is 23.8 Å². The number of anilines is 3. The molecule has 2 N–H and O–H groups in total. The van der Waals surface area contributed by atoms with E-state index in [0.29, 0.717) is 49.3 Å². The Morgan fingerprint density at radius 3 is 2.28 bits per heavy atom. The van der Waals surface area contributed by atoms with Gasteiger partial charge in [0.1, 0.15) is 11.5 Å². The summed E-state index contributed by atoms with van der Waals surface area (Å²) >= 11 is 0. The van der Waals surface area contributed by atoms with Gasteiger partial charge in [-0.2, -0.15) is 0 Å². The monoisotopic (exact) mass is 574 g/mol. The van der Waals surface area contributed by atoms with Crippen molar-refractivity contribution in [1.82, 2.24) is 0 Å². The number of ether oxygens (including phenoxy) is 3. The van der Waals surface area contributed by atoms with Crippen molar-refractivity contribution in [2.45, 2.75) is 25.7 Å². The zero-order valence-corrected chi connectivity index (χ0v) is 23.8. The van der Waals surface area contributed by atoms with E-state index in [0.717, 1.165) is 24.3 Å². The van der Waals surface area contributed by atoms with E-state index in [9.17, 15) is 13.2 Å². The lowest BCUT2D eigenvalue weighted by Crippen LogP contribution is -3.00. The Morgan fingerprint density at radius 2 is 1.62 bits per heavy atom.